The molecule has 0 unspecified atom stereocenters. The van der Waals surface area contributed by atoms with Crippen LogP contribution in [-0.2, 0) is 0 Å². The Morgan fingerprint density at radius 2 is 2.21 bits per heavy atom. The number of rotatable bonds is 4. The predicted octanol–water partition coefficient (Wildman–Crippen LogP) is 3.71. The third-order valence-electron chi connectivity index (χ3n) is 5.48. The Hall–Kier alpha value is -2.83. The smallest absolute Gasteiger partial charge is 0.318 e. The number of carbonyl (C=O) groups is 1. The fourth-order valence-corrected chi connectivity index (χ4v) is 4.19. The highest BCUT2D eigenvalue weighted by atomic mass is 19.1. The number of aryl methyl sites for hydroxylation is 1. The summed E-state index contributed by atoms with van der Waals surface area (Å²) in [4.78, 5) is 19.1. The average molecular weight is 399 g/mol. The molecule has 0 bridgehead atoms. The third-order valence-corrected chi connectivity index (χ3v) is 5.48. The Bertz CT molecular complexity index is 905. The zero-order valence-corrected chi connectivity index (χ0v) is 16.9. The second kappa shape index (κ2) is 7.89. The number of urea groups is 1. The number of aromatic nitrogens is 1. The lowest BCUT2D eigenvalue weighted by atomic mass is 9.85. The fraction of sp³-hybridized carbons (Fsp3) is 0.455. The molecule has 2 amide bonds. The summed E-state index contributed by atoms with van der Waals surface area (Å²) in [5, 5.41) is 2.96. The Kier molecular flexibility index (Phi) is 5.30. The topological polar surface area (TPSA) is 63.7 Å². The monoisotopic (exact) mass is 399 g/mol. The quantitative estimate of drug-likeness (QED) is 0.851. The van der Waals surface area contributed by atoms with Gasteiger partial charge in [0.05, 0.1) is 19.3 Å². The number of nitrogens with zero attached hydrogens (tertiary/aromatic N) is 2. The lowest BCUT2D eigenvalue weighted by Gasteiger charge is -2.34. The van der Waals surface area contributed by atoms with Crippen molar-refractivity contribution in [1.29, 1.82) is 0 Å². The van der Waals surface area contributed by atoms with Crippen molar-refractivity contribution in [2.45, 2.75) is 32.9 Å². The van der Waals surface area contributed by atoms with E-state index in [2.05, 4.69) is 10.3 Å². The molecule has 1 N–H and O–H groups in total. The minimum Gasteiger partial charge on any atom is -0.493 e. The van der Waals surface area contributed by atoms with Crippen LogP contribution in [0.15, 0.2) is 36.4 Å². The number of hydrogen-bond donors (Lipinski definition) is 1. The van der Waals surface area contributed by atoms with Gasteiger partial charge in [0.25, 0.3) is 0 Å². The van der Waals surface area contributed by atoms with Crippen molar-refractivity contribution in [3.63, 3.8) is 0 Å². The van der Waals surface area contributed by atoms with Crippen molar-refractivity contribution in [3.8, 4) is 11.6 Å². The van der Waals surface area contributed by atoms with Gasteiger partial charge in [-0.3, -0.25) is 0 Å². The van der Waals surface area contributed by atoms with Gasteiger partial charge in [-0.25, -0.2) is 14.2 Å². The van der Waals surface area contributed by atoms with Crippen LogP contribution >= 0.6 is 0 Å². The number of likely N-dealkylation sites (tertiary alicyclic amines) is 1. The van der Waals surface area contributed by atoms with Gasteiger partial charge in [-0.15, -0.1) is 0 Å². The highest BCUT2D eigenvalue weighted by molar-refractivity contribution is 5.76. The van der Waals surface area contributed by atoms with Crippen LogP contribution in [-0.4, -0.2) is 41.7 Å². The van der Waals surface area contributed by atoms with Gasteiger partial charge in [0.2, 0.25) is 5.88 Å². The third kappa shape index (κ3) is 3.99. The molecule has 1 aromatic heterocycles. The maximum Gasteiger partial charge on any atom is 0.318 e. The molecule has 4 rings (SSSR count). The number of nitrogens with one attached hydrogen (secondary N) is 1. The average Bonchev–Trinajstić information content (AvgIpc) is 3.05. The highest BCUT2D eigenvalue weighted by Gasteiger charge is 2.48. The second-order valence-corrected chi connectivity index (χ2v) is 8.05. The summed E-state index contributed by atoms with van der Waals surface area (Å²) in [5.41, 5.74) is 1.60. The number of ether oxygens (including phenoxy) is 2. The Balaban J connectivity index is 1.59. The van der Waals surface area contributed by atoms with Crippen molar-refractivity contribution >= 4 is 6.03 Å². The first-order valence-corrected chi connectivity index (χ1v) is 9.98. The van der Waals surface area contributed by atoms with E-state index in [0.29, 0.717) is 31.4 Å². The van der Waals surface area contributed by atoms with Gasteiger partial charge in [-0.2, -0.15) is 0 Å². The molecule has 2 aliphatic rings. The summed E-state index contributed by atoms with van der Waals surface area (Å²) in [6, 6.07) is 9.76. The van der Waals surface area contributed by atoms with Crippen LogP contribution in [0.2, 0.25) is 0 Å². The Morgan fingerprint density at radius 1 is 1.38 bits per heavy atom. The van der Waals surface area contributed by atoms with Crippen LogP contribution in [0.5, 0.6) is 11.6 Å². The normalized spacial score (nSPS) is 22.7. The molecule has 0 radical (unpaired) electrons. The van der Waals surface area contributed by atoms with Gasteiger partial charge in [0, 0.05) is 41.7 Å². The van der Waals surface area contributed by atoms with Crippen LogP contribution in [0.4, 0.5) is 9.18 Å². The predicted molar refractivity (Wildman–Crippen MR) is 106 cm³/mol. The number of carbonyl (C=O) groups excluding carboxylic acids is 1. The van der Waals surface area contributed by atoms with Crippen LogP contribution in [0.1, 0.15) is 31.1 Å². The number of amides is 2. The summed E-state index contributed by atoms with van der Waals surface area (Å²) in [6.07, 6.45) is 0. The van der Waals surface area contributed by atoms with Crippen molar-refractivity contribution in [2.75, 3.05) is 19.8 Å². The van der Waals surface area contributed by atoms with E-state index in [1.54, 1.807) is 11.0 Å². The lowest BCUT2D eigenvalue weighted by Crippen LogP contribution is -2.44. The van der Waals surface area contributed by atoms with E-state index in [0.717, 1.165) is 11.3 Å². The van der Waals surface area contributed by atoms with Gasteiger partial charge in [0.15, 0.2) is 0 Å². The van der Waals surface area contributed by atoms with E-state index in [-0.39, 0.29) is 35.8 Å². The standard InChI is InChI=1S/C22H26FN3O3/c1-13(2)24-22(27)26-10-15(11-29-20-6-4-5-14(3)25-20)18-12-28-19-8-7-16(23)9-17(19)21(18)26/h4-9,13,15,18,21H,10-12H2,1-3H3,(H,24,27)/t15-,18-,21-/m0/s1. The maximum absolute atomic E-state index is 14.0. The van der Waals surface area contributed by atoms with Gasteiger partial charge < -0.3 is 19.7 Å². The van der Waals surface area contributed by atoms with E-state index in [4.69, 9.17) is 9.47 Å². The zero-order valence-electron chi connectivity index (χ0n) is 16.9. The van der Waals surface area contributed by atoms with Crippen LogP contribution in [0.3, 0.4) is 0 Å². The number of fused-ring (bicyclic) bond motifs is 3. The molecule has 2 aliphatic heterocycles. The largest absolute Gasteiger partial charge is 0.493 e. The number of pyridine rings is 1. The summed E-state index contributed by atoms with van der Waals surface area (Å²) < 4.78 is 25.8. The van der Waals surface area contributed by atoms with Crippen LogP contribution in [0.25, 0.3) is 0 Å². The van der Waals surface area contributed by atoms with Crippen molar-refractivity contribution in [2.24, 2.45) is 11.8 Å². The first-order valence-electron chi connectivity index (χ1n) is 9.98. The molecule has 3 heterocycles. The highest BCUT2D eigenvalue weighted by Crippen LogP contribution is 2.47. The first kappa shape index (κ1) is 19.5. The summed E-state index contributed by atoms with van der Waals surface area (Å²) >= 11 is 0. The molecule has 0 spiro atoms. The van der Waals surface area contributed by atoms with E-state index >= 15 is 0 Å². The number of halogens is 1. The first-order chi connectivity index (χ1) is 13.9. The van der Waals surface area contributed by atoms with E-state index < -0.39 is 0 Å². The Labute approximate surface area is 170 Å². The SMILES string of the molecule is Cc1cccc(OC[C@@H]2CN(C(=O)NC(C)C)[C@H]3c4cc(F)ccc4OC[C@@H]23)n1. The molecule has 1 fully saturated rings. The second-order valence-electron chi connectivity index (χ2n) is 8.05. The van der Waals surface area contributed by atoms with Crippen molar-refractivity contribution < 1.29 is 18.7 Å². The molecule has 7 heteroatoms. The van der Waals surface area contributed by atoms with Gasteiger partial charge >= 0.3 is 6.03 Å². The minimum atomic E-state index is -0.333. The lowest BCUT2D eigenvalue weighted by molar-refractivity contribution is 0.126. The Morgan fingerprint density at radius 3 is 2.97 bits per heavy atom. The van der Waals surface area contributed by atoms with E-state index in [1.165, 1.54) is 12.1 Å². The zero-order chi connectivity index (χ0) is 20.5. The molecule has 154 valence electrons. The van der Waals surface area contributed by atoms with Crippen LogP contribution < -0.4 is 14.8 Å². The molecule has 0 aliphatic carbocycles. The van der Waals surface area contributed by atoms with Crippen molar-refractivity contribution in [3.05, 3.63) is 53.5 Å². The van der Waals surface area contributed by atoms with E-state index in [9.17, 15) is 9.18 Å². The van der Waals surface area contributed by atoms with Gasteiger partial charge in [0.1, 0.15) is 11.6 Å². The maximum atomic E-state index is 14.0. The summed E-state index contributed by atoms with van der Waals surface area (Å²) in [5.74, 6) is 0.941. The van der Waals surface area contributed by atoms with Gasteiger partial charge in [-0.05, 0) is 45.0 Å². The fourth-order valence-electron chi connectivity index (χ4n) is 4.19. The minimum absolute atomic E-state index is 0.0135. The molecule has 0 saturated carbocycles. The molecule has 1 aromatic carbocycles. The molecular formula is C22H26FN3O3. The summed E-state index contributed by atoms with van der Waals surface area (Å²) in [7, 11) is 0. The number of benzene rings is 1. The van der Waals surface area contributed by atoms with E-state index in [1.807, 2.05) is 39.0 Å². The molecule has 1 saturated heterocycles. The molecule has 6 nitrogen and oxygen atoms in total. The molecule has 3 atom stereocenters. The molecule has 29 heavy (non-hydrogen) atoms. The molecule has 2 aromatic rings. The molecular weight excluding hydrogens is 373 g/mol. The number of hydrogen-bond acceptors (Lipinski definition) is 4. The van der Waals surface area contributed by atoms with Gasteiger partial charge in [-0.1, -0.05) is 6.07 Å². The summed E-state index contributed by atoms with van der Waals surface area (Å²) in [6.45, 7) is 7.15. The van der Waals surface area contributed by atoms with Crippen molar-refractivity contribution in [1.82, 2.24) is 15.2 Å². The van der Waals surface area contributed by atoms with Crippen LogP contribution in [0, 0.1) is 24.6 Å².